The van der Waals surface area contributed by atoms with Crippen molar-refractivity contribution in [2.75, 3.05) is 0 Å². The van der Waals surface area contributed by atoms with Crippen LogP contribution in [0.3, 0.4) is 0 Å². The number of aryl methyl sites for hydroxylation is 3. The van der Waals surface area contributed by atoms with Gasteiger partial charge < -0.3 is 9.51 Å². The highest BCUT2D eigenvalue weighted by Crippen LogP contribution is 2.34. The van der Waals surface area contributed by atoms with E-state index in [1.54, 1.807) is 6.07 Å². The van der Waals surface area contributed by atoms with Crippen molar-refractivity contribution in [3.63, 3.8) is 0 Å². The summed E-state index contributed by atoms with van der Waals surface area (Å²) < 4.78 is 45.1. The summed E-state index contributed by atoms with van der Waals surface area (Å²) in [7, 11) is 1.50. The molecule has 8 heteroatoms. The molecule has 1 N–H and O–H groups in total. The van der Waals surface area contributed by atoms with Gasteiger partial charge in [0, 0.05) is 23.5 Å². The van der Waals surface area contributed by atoms with Crippen molar-refractivity contribution in [2.45, 2.75) is 20.0 Å². The summed E-state index contributed by atoms with van der Waals surface area (Å²) in [5, 5.41) is 8.40. The van der Waals surface area contributed by atoms with Gasteiger partial charge in [0.2, 0.25) is 0 Å². The van der Waals surface area contributed by atoms with Crippen molar-refractivity contribution >= 4 is 10.9 Å². The number of alkyl halides is 3. The zero-order valence-electron chi connectivity index (χ0n) is 14.3. The van der Waals surface area contributed by atoms with E-state index in [9.17, 15) is 13.2 Å². The SMILES string of the molecule is Cc1noc(C)c1-c1cc2cc(-c3cc(C(F)(F)F)nn3C)ccc2[nH]1. The molecule has 26 heavy (non-hydrogen) atoms. The van der Waals surface area contributed by atoms with Crippen molar-refractivity contribution in [3.05, 3.63) is 47.5 Å². The Bertz CT molecular complexity index is 1100. The first-order valence-electron chi connectivity index (χ1n) is 7.91. The Morgan fingerprint density at radius 2 is 1.88 bits per heavy atom. The summed E-state index contributed by atoms with van der Waals surface area (Å²) in [4.78, 5) is 3.30. The van der Waals surface area contributed by atoms with Crippen molar-refractivity contribution in [1.82, 2.24) is 19.9 Å². The number of hydrogen-bond acceptors (Lipinski definition) is 3. The number of nitrogens with one attached hydrogen (secondary N) is 1. The maximum atomic E-state index is 12.9. The number of aromatic amines is 1. The first-order chi connectivity index (χ1) is 12.2. The van der Waals surface area contributed by atoms with Crippen LogP contribution in [0, 0.1) is 13.8 Å². The molecule has 3 heterocycles. The maximum absolute atomic E-state index is 12.9. The second-order valence-electron chi connectivity index (χ2n) is 6.22. The molecule has 4 rings (SSSR count). The Morgan fingerprint density at radius 1 is 1.12 bits per heavy atom. The van der Waals surface area contributed by atoms with E-state index < -0.39 is 11.9 Å². The van der Waals surface area contributed by atoms with Gasteiger partial charge in [0.05, 0.1) is 22.6 Å². The minimum absolute atomic E-state index is 0.402. The van der Waals surface area contributed by atoms with Crippen molar-refractivity contribution < 1.29 is 17.7 Å². The normalized spacial score (nSPS) is 12.2. The lowest BCUT2D eigenvalue weighted by molar-refractivity contribution is -0.141. The number of hydrogen-bond donors (Lipinski definition) is 1. The molecule has 0 unspecified atom stereocenters. The van der Waals surface area contributed by atoms with E-state index in [0.29, 0.717) is 17.0 Å². The third kappa shape index (κ3) is 2.58. The summed E-state index contributed by atoms with van der Waals surface area (Å²) in [6, 6.07) is 8.44. The van der Waals surface area contributed by atoms with Crippen molar-refractivity contribution in [2.24, 2.45) is 7.05 Å². The van der Waals surface area contributed by atoms with Crippen LogP contribution >= 0.6 is 0 Å². The Morgan fingerprint density at radius 3 is 2.50 bits per heavy atom. The number of aromatic nitrogens is 4. The molecule has 5 nitrogen and oxygen atoms in total. The van der Waals surface area contributed by atoms with Crippen LogP contribution in [0.15, 0.2) is 34.9 Å². The van der Waals surface area contributed by atoms with Gasteiger partial charge in [0.25, 0.3) is 0 Å². The average molecular weight is 360 g/mol. The van der Waals surface area contributed by atoms with Crippen LogP contribution in [0.1, 0.15) is 17.1 Å². The van der Waals surface area contributed by atoms with Crippen molar-refractivity contribution in [1.29, 1.82) is 0 Å². The number of nitrogens with zero attached hydrogens (tertiary/aromatic N) is 3. The molecule has 0 atom stereocenters. The highest BCUT2D eigenvalue weighted by Gasteiger charge is 2.34. The fourth-order valence-corrected chi connectivity index (χ4v) is 3.17. The highest BCUT2D eigenvalue weighted by atomic mass is 19.4. The van der Waals surface area contributed by atoms with Crippen LogP contribution < -0.4 is 0 Å². The number of rotatable bonds is 2. The Hall–Kier alpha value is -3.03. The van der Waals surface area contributed by atoms with E-state index in [-0.39, 0.29) is 0 Å². The number of H-pyrrole nitrogens is 1. The molecule has 0 aliphatic heterocycles. The monoisotopic (exact) mass is 360 g/mol. The quantitative estimate of drug-likeness (QED) is 0.555. The molecular formula is C18H15F3N4O. The Kier molecular flexibility index (Phi) is 3.47. The van der Waals surface area contributed by atoms with E-state index in [4.69, 9.17) is 4.52 Å². The van der Waals surface area contributed by atoms with E-state index in [0.717, 1.165) is 33.9 Å². The minimum atomic E-state index is -4.47. The van der Waals surface area contributed by atoms with Gasteiger partial charge >= 0.3 is 6.18 Å². The van der Waals surface area contributed by atoms with Crippen LogP contribution in [0.2, 0.25) is 0 Å². The summed E-state index contributed by atoms with van der Waals surface area (Å²) in [6.07, 6.45) is -4.47. The van der Waals surface area contributed by atoms with Gasteiger partial charge in [0.1, 0.15) is 5.76 Å². The summed E-state index contributed by atoms with van der Waals surface area (Å²) in [6.45, 7) is 3.69. The summed E-state index contributed by atoms with van der Waals surface area (Å²) >= 11 is 0. The minimum Gasteiger partial charge on any atom is -0.361 e. The molecule has 0 saturated carbocycles. The second-order valence-corrected chi connectivity index (χ2v) is 6.22. The third-order valence-electron chi connectivity index (χ3n) is 4.39. The smallest absolute Gasteiger partial charge is 0.361 e. The molecule has 4 aromatic rings. The van der Waals surface area contributed by atoms with Crippen LogP contribution in [0.25, 0.3) is 33.4 Å². The van der Waals surface area contributed by atoms with Crippen LogP contribution in [0.5, 0.6) is 0 Å². The number of benzene rings is 1. The lowest BCUT2D eigenvalue weighted by Crippen LogP contribution is -2.06. The third-order valence-corrected chi connectivity index (χ3v) is 4.39. The van der Waals surface area contributed by atoms with Gasteiger partial charge in [0.15, 0.2) is 5.69 Å². The van der Waals surface area contributed by atoms with E-state index >= 15 is 0 Å². The Labute approximate surface area is 146 Å². The van der Waals surface area contributed by atoms with Crippen LogP contribution in [-0.2, 0) is 13.2 Å². The molecule has 0 bridgehead atoms. The lowest BCUT2D eigenvalue weighted by atomic mass is 10.1. The van der Waals surface area contributed by atoms with Gasteiger partial charge in [-0.2, -0.15) is 18.3 Å². The average Bonchev–Trinajstić information content (AvgIpc) is 3.23. The summed E-state index contributed by atoms with van der Waals surface area (Å²) in [5.74, 6) is 0.704. The van der Waals surface area contributed by atoms with Gasteiger partial charge in [-0.15, -0.1) is 0 Å². The summed E-state index contributed by atoms with van der Waals surface area (Å²) in [5.41, 5.74) is 3.56. The van der Waals surface area contributed by atoms with Gasteiger partial charge in [-0.1, -0.05) is 11.2 Å². The van der Waals surface area contributed by atoms with Crippen molar-refractivity contribution in [3.8, 4) is 22.5 Å². The van der Waals surface area contributed by atoms with Crippen LogP contribution in [0.4, 0.5) is 13.2 Å². The van der Waals surface area contributed by atoms with Gasteiger partial charge in [-0.05, 0) is 38.1 Å². The van der Waals surface area contributed by atoms with E-state index in [1.165, 1.54) is 11.7 Å². The molecule has 0 fully saturated rings. The molecule has 0 aliphatic carbocycles. The predicted octanol–water partition coefficient (Wildman–Crippen LogP) is 4.86. The topological polar surface area (TPSA) is 59.6 Å². The molecule has 0 aliphatic rings. The zero-order chi connectivity index (χ0) is 18.6. The molecule has 0 saturated heterocycles. The largest absolute Gasteiger partial charge is 0.435 e. The zero-order valence-corrected chi connectivity index (χ0v) is 14.3. The van der Waals surface area contributed by atoms with E-state index in [1.807, 2.05) is 32.0 Å². The number of halogens is 3. The molecule has 1 aromatic carbocycles. The molecule has 0 spiro atoms. The first-order valence-corrected chi connectivity index (χ1v) is 7.91. The standard InChI is InChI=1S/C18H15F3N4O/c1-9-17(10(2)26-24-9)14-7-12-6-11(4-5-13(12)22-14)15-8-16(18(19,20)21)23-25(15)3/h4-8,22H,1-3H3. The molecule has 3 aromatic heterocycles. The second kappa shape index (κ2) is 5.48. The molecular weight excluding hydrogens is 345 g/mol. The first kappa shape index (κ1) is 16.4. The predicted molar refractivity (Wildman–Crippen MR) is 90.5 cm³/mol. The lowest BCUT2D eigenvalue weighted by Gasteiger charge is -2.01. The van der Waals surface area contributed by atoms with Gasteiger partial charge in [-0.25, -0.2) is 0 Å². The van der Waals surface area contributed by atoms with Crippen LogP contribution in [-0.4, -0.2) is 19.9 Å². The fraction of sp³-hybridized carbons (Fsp3) is 0.222. The Balaban J connectivity index is 1.81. The van der Waals surface area contributed by atoms with Gasteiger partial charge in [-0.3, -0.25) is 4.68 Å². The highest BCUT2D eigenvalue weighted by molar-refractivity contribution is 5.89. The maximum Gasteiger partial charge on any atom is 0.435 e. The molecule has 0 radical (unpaired) electrons. The number of fused-ring (bicyclic) bond motifs is 1. The molecule has 134 valence electrons. The fourth-order valence-electron chi connectivity index (χ4n) is 3.17. The molecule has 0 amide bonds. The van der Waals surface area contributed by atoms with E-state index in [2.05, 4.69) is 15.2 Å².